The van der Waals surface area contributed by atoms with Crippen LogP contribution in [0.1, 0.15) is 23.1 Å². The molecule has 2 aliphatic heterocycles. The van der Waals surface area contributed by atoms with Crippen LogP contribution >= 0.6 is 11.6 Å². The molecule has 4 N–H and O–H groups in total. The van der Waals surface area contributed by atoms with Crippen LogP contribution in [0.25, 0.3) is 0 Å². The van der Waals surface area contributed by atoms with Gasteiger partial charge in [0.15, 0.2) is 0 Å². The minimum absolute atomic E-state index is 0.216. The minimum Gasteiger partial charge on any atom is -0.508 e. The first kappa shape index (κ1) is 29.3. The normalized spacial score (nSPS) is 20.5. The number of halogens is 4. The maximum atomic E-state index is 13.5. The van der Waals surface area contributed by atoms with E-state index in [1.807, 2.05) is 24.1 Å². The summed E-state index contributed by atoms with van der Waals surface area (Å²) in [4.78, 5) is 13.9. The zero-order chi connectivity index (χ0) is 27.9. The lowest BCUT2D eigenvalue weighted by Gasteiger charge is -2.46. The molecule has 1 atom stereocenters. The molecule has 12 heteroatoms. The Hall–Kier alpha value is -2.70. The molecule has 4 rings (SSSR count). The zero-order valence-electron chi connectivity index (χ0n) is 21.9. The molecule has 1 saturated heterocycles. The fourth-order valence-electron chi connectivity index (χ4n) is 4.89. The van der Waals surface area contributed by atoms with Gasteiger partial charge in [-0.3, -0.25) is 0 Å². The van der Waals surface area contributed by atoms with E-state index in [0.29, 0.717) is 45.0 Å². The number of amidine groups is 2. The summed E-state index contributed by atoms with van der Waals surface area (Å²) < 4.78 is 40.4. The van der Waals surface area contributed by atoms with Gasteiger partial charge in [-0.2, -0.15) is 18.2 Å². The van der Waals surface area contributed by atoms with Crippen LogP contribution in [0.4, 0.5) is 13.2 Å². The number of rotatable bonds is 11. The van der Waals surface area contributed by atoms with Crippen LogP contribution in [-0.2, 0) is 19.0 Å². The Morgan fingerprint density at radius 2 is 1.79 bits per heavy atom. The van der Waals surface area contributed by atoms with Crippen molar-refractivity contribution in [2.75, 3.05) is 52.9 Å². The molecular formula is C27H35ClF3N7O. The van der Waals surface area contributed by atoms with Crippen molar-refractivity contribution in [1.82, 2.24) is 25.8 Å². The van der Waals surface area contributed by atoms with Gasteiger partial charge in [-0.25, -0.2) is 14.8 Å². The zero-order valence-corrected chi connectivity index (χ0v) is 22.7. The number of nitrogens with one attached hydrogen (secondary N) is 3. The number of alkyl halides is 3. The first-order valence-electron chi connectivity index (χ1n) is 13.1. The second kappa shape index (κ2) is 13.1. The van der Waals surface area contributed by atoms with Crippen LogP contribution in [-0.4, -0.2) is 84.8 Å². The summed E-state index contributed by atoms with van der Waals surface area (Å²) in [5.74, 6) is -0.227. The maximum absolute atomic E-state index is 13.5. The summed E-state index contributed by atoms with van der Waals surface area (Å²) in [5, 5.41) is 19.4. The van der Waals surface area contributed by atoms with E-state index in [1.54, 1.807) is 18.2 Å². The molecule has 0 bridgehead atoms. The van der Waals surface area contributed by atoms with Gasteiger partial charge in [-0.1, -0.05) is 30.3 Å². The quantitative estimate of drug-likeness (QED) is 0.247. The van der Waals surface area contributed by atoms with Gasteiger partial charge in [0.05, 0.1) is 12.1 Å². The molecule has 0 aromatic heterocycles. The van der Waals surface area contributed by atoms with E-state index in [1.165, 1.54) is 12.1 Å². The highest BCUT2D eigenvalue weighted by molar-refractivity contribution is 6.66. The molecule has 0 radical (unpaired) electrons. The lowest BCUT2D eigenvalue weighted by atomic mass is 10.0. The highest BCUT2D eigenvalue weighted by atomic mass is 35.5. The summed E-state index contributed by atoms with van der Waals surface area (Å²) in [6.07, 6.45) is -2.83. The van der Waals surface area contributed by atoms with Gasteiger partial charge in [-0.15, -0.1) is 0 Å². The number of hydrogen-bond donors (Lipinski definition) is 4. The average molecular weight is 566 g/mol. The van der Waals surface area contributed by atoms with Crippen LogP contribution in [0.5, 0.6) is 5.75 Å². The predicted octanol–water partition coefficient (Wildman–Crippen LogP) is 3.22. The first-order chi connectivity index (χ1) is 18.7. The van der Waals surface area contributed by atoms with E-state index in [2.05, 4.69) is 20.9 Å². The van der Waals surface area contributed by atoms with Gasteiger partial charge in [-0.05, 0) is 73.8 Å². The highest BCUT2D eigenvalue weighted by Gasteiger charge is 2.43. The van der Waals surface area contributed by atoms with Crippen LogP contribution in [0, 0.1) is 0 Å². The van der Waals surface area contributed by atoms with Crippen molar-refractivity contribution in [3.8, 4) is 5.75 Å². The minimum atomic E-state index is -4.38. The molecule has 0 spiro atoms. The molecule has 0 amide bonds. The predicted molar refractivity (Wildman–Crippen MR) is 148 cm³/mol. The summed E-state index contributed by atoms with van der Waals surface area (Å²) in [6.45, 7) is 4.52. The summed E-state index contributed by atoms with van der Waals surface area (Å²) in [7, 11) is 1.88. The molecule has 212 valence electrons. The van der Waals surface area contributed by atoms with E-state index in [0.717, 1.165) is 31.1 Å². The molecule has 39 heavy (non-hydrogen) atoms. The Balaban J connectivity index is 1.45. The number of phenolic OH excluding ortho intramolecular Hbond substituents is 1. The van der Waals surface area contributed by atoms with Crippen molar-refractivity contribution in [2.45, 2.75) is 31.3 Å². The molecule has 2 aliphatic rings. The molecule has 8 nitrogen and oxygen atoms in total. The van der Waals surface area contributed by atoms with E-state index >= 15 is 0 Å². The lowest BCUT2D eigenvalue weighted by molar-refractivity contribution is -0.138. The number of aliphatic imine (C=N–C) groups is 2. The van der Waals surface area contributed by atoms with E-state index in [9.17, 15) is 18.3 Å². The van der Waals surface area contributed by atoms with Gasteiger partial charge in [0, 0.05) is 32.7 Å². The average Bonchev–Trinajstić information content (AvgIpc) is 2.92. The number of aryl methyl sites for hydroxylation is 1. The number of piperazine rings is 1. The number of aromatic hydroxyl groups is 1. The van der Waals surface area contributed by atoms with Gasteiger partial charge in [0.25, 0.3) is 5.91 Å². The van der Waals surface area contributed by atoms with Crippen molar-refractivity contribution in [3.63, 3.8) is 0 Å². The third-order valence-electron chi connectivity index (χ3n) is 6.92. The van der Waals surface area contributed by atoms with Crippen molar-refractivity contribution < 1.29 is 18.3 Å². The van der Waals surface area contributed by atoms with Crippen LogP contribution in [0.3, 0.4) is 0 Å². The fraction of sp³-hybridized carbons (Fsp3) is 0.481. The lowest BCUT2D eigenvalue weighted by Crippen LogP contribution is -2.64. The first-order valence-corrected chi connectivity index (χ1v) is 13.5. The van der Waals surface area contributed by atoms with Crippen molar-refractivity contribution >= 4 is 22.7 Å². The van der Waals surface area contributed by atoms with Gasteiger partial charge in [0.2, 0.25) is 5.29 Å². The Morgan fingerprint density at radius 1 is 1.08 bits per heavy atom. The van der Waals surface area contributed by atoms with E-state index in [4.69, 9.17) is 21.6 Å². The smallest absolute Gasteiger partial charge is 0.416 e. The fourth-order valence-corrected chi connectivity index (χ4v) is 5.11. The molecule has 2 aromatic carbocycles. The standard InChI is InChI=1S/C27H35ClF3N7O/c1-37(16-4-6-21-5-2-3-7-23(21)26(29,30)31)27(38-17-14-32-15-18-38)35-24(34-25(28)36-27)19-33-13-12-20-8-10-22(39)11-9-20/h2-3,5,7-11,32-33,39H,4,6,12-19H2,1H3,(H,34,35,36). The van der Waals surface area contributed by atoms with E-state index in [-0.39, 0.29) is 23.0 Å². The molecule has 1 unspecified atom stereocenters. The SMILES string of the molecule is CN(CCCc1ccccc1C(F)(F)F)C1(N2CCNCC2)N=C(Cl)NC(CNCCc2ccc(O)cc2)=N1. The van der Waals surface area contributed by atoms with Crippen molar-refractivity contribution in [2.24, 2.45) is 9.98 Å². The molecule has 2 aromatic rings. The summed E-state index contributed by atoms with van der Waals surface area (Å²) in [6, 6.07) is 12.8. The van der Waals surface area contributed by atoms with Crippen LogP contribution in [0.2, 0.25) is 0 Å². The third-order valence-corrected chi connectivity index (χ3v) is 7.09. The van der Waals surface area contributed by atoms with Crippen molar-refractivity contribution in [1.29, 1.82) is 0 Å². The molecule has 0 saturated carbocycles. The number of nitrogens with zero attached hydrogens (tertiary/aromatic N) is 4. The summed E-state index contributed by atoms with van der Waals surface area (Å²) >= 11 is 6.50. The number of hydrogen-bond acceptors (Lipinski definition) is 8. The van der Waals surface area contributed by atoms with Gasteiger partial charge >= 0.3 is 6.18 Å². The highest BCUT2D eigenvalue weighted by Crippen LogP contribution is 2.33. The topological polar surface area (TPSA) is 87.5 Å². The Bertz CT molecular complexity index is 1150. The summed E-state index contributed by atoms with van der Waals surface area (Å²) in [5.41, 5.74) is 0.787. The van der Waals surface area contributed by atoms with Gasteiger partial charge < -0.3 is 21.1 Å². The number of phenols is 1. The second-order valence-corrected chi connectivity index (χ2v) is 10.1. The molecule has 2 heterocycles. The Labute approximate surface area is 232 Å². The monoisotopic (exact) mass is 565 g/mol. The Morgan fingerprint density at radius 3 is 2.51 bits per heavy atom. The number of benzene rings is 2. The second-order valence-electron chi connectivity index (χ2n) is 9.70. The van der Waals surface area contributed by atoms with E-state index < -0.39 is 17.7 Å². The Kier molecular flexibility index (Phi) is 9.84. The van der Waals surface area contributed by atoms with Crippen LogP contribution in [0.15, 0.2) is 58.5 Å². The molecular weight excluding hydrogens is 531 g/mol. The van der Waals surface area contributed by atoms with Gasteiger partial charge in [0.1, 0.15) is 11.6 Å². The maximum Gasteiger partial charge on any atom is 0.416 e. The molecule has 1 fully saturated rings. The largest absolute Gasteiger partial charge is 0.508 e. The van der Waals surface area contributed by atoms with Crippen LogP contribution < -0.4 is 16.0 Å². The third kappa shape index (κ3) is 7.70. The van der Waals surface area contributed by atoms with Crippen molar-refractivity contribution in [3.05, 3.63) is 65.2 Å². The molecule has 0 aliphatic carbocycles.